The summed E-state index contributed by atoms with van der Waals surface area (Å²) < 4.78 is 28.1. The van der Waals surface area contributed by atoms with Crippen molar-refractivity contribution in [1.82, 2.24) is 24.2 Å². The predicted octanol–water partition coefficient (Wildman–Crippen LogP) is 2.81. The maximum Gasteiger partial charge on any atom is 0.323 e. The zero-order valence-corrected chi connectivity index (χ0v) is 20.7. The molecule has 0 bridgehead atoms. The van der Waals surface area contributed by atoms with Crippen molar-refractivity contribution in [3.63, 3.8) is 0 Å². The Bertz CT molecular complexity index is 1580. The number of sulfonamides is 1. The van der Waals surface area contributed by atoms with Gasteiger partial charge in [0.2, 0.25) is 10.0 Å². The average Bonchev–Trinajstić information content (AvgIpc) is 3.36. The summed E-state index contributed by atoms with van der Waals surface area (Å²) in [7, 11) is -3.67. The molecule has 9 nitrogen and oxygen atoms in total. The largest absolute Gasteiger partial charge is 0.353 e. The zero-order valence-electron chi connectivity index (χ0n) is 19.1. The van der Waals surface area contributed by atoms with Crippen LogP contribution < -0.4 is 10.6 Å². The number of hydrogen-bond acceptors (Lipinski definition) is 7. The van der Waals surface area contributed by atoms with Crippen LogP contribution in [0.3, 0.4) is 0 Å². The molecule has 3 aromatic heterocycles. The summed E-state index contributed by atoms with van der Waals surface area (Å²) in [5.41, 5.74) is 2.11. The van der Waals surface area contributed by atoms with E-state index in [4.69, 9.17) is 9.97 Å². The number of anilines is 1. The van der Waals surface area contributed by atoms with Crippen molar-refractivity contribution >= 4 is 48.4 Å². The predicted molar refractivity (Wildman–Crippen MR) is 133 cm³/mol. The Balaban J connectivity index is 1.28. The number of piperazine rings is 1. The third kappa shape index (κ3) is 3.53. The molecule has 0 amide bonds. The number of aromatic nitrogens is 4. The van der Waals surface area contributed by atoms with Crippen LogP contribution in [0.5, 0.6) is 0 Å². The van der Waals surface area contributed by atoms with Crippen LogP contribution in [0, 0.1) is 12.8 Å². The van der Waals surface area contributed by atoms with Gasteiger partial charge in [-0.2, -0.15) is 4.31 Å². The molecule has 1 aliphatic carbocycles. The van der Waals surface area contributed by atoms with Gasteiger partial charge in [0.1, 0.15) is 16.5 Å². The number of hydrogen-bond donors (Lipinski definition) is 2. The van der Waals surface area contributed by atoms with Crippen LogP contribution in [0.1, 0.15) is 29.6 Å². The van der Waals surface area contributed by atoms with Gasteiger partial charge in [-0.25, -0.2) is 23.2 Å². The van der Waals surface area contributed by atoms with Gasteiger partial charge in [-0.05, 0) is 55.9 Å². The van der Waals surface area contributed by atoms with Gasteiger partial charge in [-0.1, -0.05) is 6.92 Å². The average molecular weight is 499 g/mol. The number of aromatic amines is 2. The first kappa shape index (κ1) is 21.8. The van der Waals surface area contributed by atoms with Crippen LogP contribution in [0.25, 0.3) is 21.3 Å². The molecule has 0 spiro atoms. The van der Waals surface area contributed by atoms with Crippen molar-refractivity contribution in [3.05, 3.63) is 44.9 Å². The first-order valence-electron chi connectivity index (χ1n) is 11.6. The minimum Gasteiger partial charge on any atom is -0.353 e. The van der Waals surface area contributed by atoms with Crippen molar-refractivity contribution in [3.8, 4) is 0 Å². The fourth-order valence-corrected chi connectivity index (χ4v) is 7.99. The first-order valence-corrected chi connectivity index (χ1v) is 13.8. The van der Waals surface area contributed by atoms with Gasteiger partial charge in [0.05, 0.1) is 21.3 Å². The molecule has 6 rings (SSSR count). The van der Waals surface area contributed by atoms with E-state index in [-0.39, 0.29) is 10.6 Å². The number of benzene rings is 1. The molecule has 1 aliphatic heterocycles. The minimum atomic E-state index is -3.67. The third-order valence-electron chi connectivity index (χ3n) is 6.91. The zero-order chi connectivity index (χ0) is 23.6. The molecule has 4 heterocycles. The highest BCUT2D eigenvalue weighted by molar-refractivity contribution is 7.89. The molecule has 178 valence electrons. The van der Waals surface area contributed by atoms with E-state index in [1.165, 1.54) is 27.2 Å². The van der Waals surface area contributed by atoms with E-state index in [2.05, 4.69) is 21.8 Å². The minimum absolute atomic E-state index is 0.185. The maximum absolute atomic E-state index is 13.3. The first-order chi connectivity index (χ1) is 16.3. The smallest absolute Gasteiger partial charge is 0.323 e. The molecule has 1 fully saturated rings. The Morgan fingerprint density at radius 1 is 1.09 bits per heavy atom. The van der Waals surface area contributed by atoms with Crippen LogP contribution in [-0.4, -0.2) is 58.8 Å². The molecular weight excluding hydrogens is 472 g/mol. The molecule has 11 heteroatoms. The van der Waals surface area contributed by atoms with E-state index in [0.717, 1.165) is 34.7 Å². The van der Waals surface area contributed by atoms with Gasteiger partial charge in [0.15, 0.2) is 0 Å². The Morgan fingerprint density at radius 3 is 2.65 bits per heavy atom. The van der Waals surface area contributed by atoms with E-state index in [1.54, 1.807) is 23.5 Å². The molecule has 1 saturated heterocycles. The second kappa shape index (κ2) is 7.89. The van der Waals surface area contributed by atoms with Gasteiger partial charge in [0, 0.05) is 31.1 Å². The summed E-state index contributed by atoms with van der Waals surface area (Å²) in [5, 5.41) is 1.16. The Labute approximate surface area is 200 Å². The third-order valence-corrected chi connectivity index (χ3v) is 9.95. The molecule has 1 atom stereocenters. The van der Waals surface area contributed by atoms with Crippen LogP contribution in [-0.2, 0) is 22.9 Å². The van der Waals surface area contributed by atoms with Gasteiger partial charge < -0.3 is 14.9 Å². The Kier molecular flexibility index (Phi) is 5.05. The summed E-state index contributed by atoms with van der Waals surface area (Å²) in [6.07, 6.45) is 3.32. The fourth-order valence-electron chi connectivity index (χ4n) is 5.12. The van der Waals surface area contributed by atoms with Crippen LogP contribution in [0.2, 0.25) is 0 Å². The monoisotopic (exact) mass is 498 g/mol. The van der Waals surface area contributed by atoms with E-state index < -0.39 is 10.0 Å². The summed E-state index contributed by atoms with van der Waals surface area (Å²) in [4.78, 5) is 31.2. The molecule has 0 unspecified atom stereocenters. The number of thiophene rings is 1. The van der Waals surface area contributed by atoms with E-state index in [9.17, 15) is 13.2 Å². The Hall–Kier alpha value is -2.76. The number of rotatable bonds is 3. The lowest BCUT2D eigenvalue weighted by Gasteiger charge is -2.35. The number of nitrogens with one attached hydrogen (secondary N) is 2. The lowest BCUT2D eigenvalue weighted by molar-refractivity contribution is 0.384. The molecular formula is C23H26N6O3S2. The quantitative estimate of drug-likeness (QED) is 0.449. The van der Waals surface area contributed by atoms with Gasteiger partial charge in [0.25, 0.3) is 0 Å². The van der Waals surface area contributed by atoms with E-state index in [0.29, 0.717) is 43.1 Å². The lowest BCUT2D eigenvalue weighted by Crippen LogP contribution is -2.49. The number of fused-ring (bicyclic) bond motifs is 4. The van der Waals surface area contributed by atoms with Gasteiger partial charge in [-0.15, -0.1) is 11.3 Å². The number of imidazole rings is 1. The topological polar surface area (TPSA) is 115 Å². The van der Waals surface area contributed by atoms with E-state index in [1.807, 2.05) is 6.92 Å². The standard InChI is InChI=1S/C23H26N6O3S2/c1-13-3-5-16-19(11-13)33-22-20(16)21(24-14(2)25-22)28-7-9-29(10-8-28)34(31,32)15-4-6-17-18(12-15)27-23(30)26-17/h4,6,12-13H,3,5,7-11H2,1-2H3,(H2,26,27,30)/t13-/m0/s1. The molecule has 2 N–H and O–H groups in total. The summed E-state index contributed by atoms with van der Waals surface area (Å²) in [5.74, 6) is 2.38. The lowest BCUT2D eigenvalue weighted by atomic mass is 9.89. The second-order valence-corrected chi connectivity index (χ2v) is 12.3. The van der Waals surface area contributed by atoms with Gasteiger partial charge in [-0.3, -0.25) is 0 Å². The summed E-state index contributed by atoms with van der Waals surface area (Å²) in [6.45, 7) is 6.10. The number of aryl methyl sites for hydroxylation is 2. The molecule has 0 radical (unpaired) electrons. The van der Waals surface area contributed by atoms with Crippen LogP contribution in [0.4, 0.5) is 5.82 Å². The molecule has 4 aromatic rings. The van der Waals surface area contributed by atoms with Crippen LogP contribution in [0.15, 0.2) is 27.9 Å². The molecule has 34 heavy (non-hydrogen) atoms. The Morgan fingerprint density at radius 2 is 1.85 bits per heavy atom. The SMILES string of the molecule is Cc1nc(N2CCN(S(=O)(=O)c3ccc4[nH]c(=O)[nH]c4c3)CC2)c2c3c(sc2n1)C[C@@H](C)CC3. The maximum atomic E-state index is 13.3. The molecule has 0 saturated carbocycles. The van der Waals surface area contributed by atoms with Gasteiger partial charge >= 0.3 is 5.69 Å². The van der Waals surface area contributed by atoms with Crippen molar-refractivity contribution in [1.29, 1.82) is 0 Å². The fraction of sp³-hybridized carbons (Fsp3) is 0.435. The molecule has 1 aromatic carbocycles. The number of H-pyrrole nitrogens is 2. The second-order valence-electron chi connectivity index (χ2n) is 9.30. The van der Waals surface area contributed by atoms with Crippen molar-refractivity contribution < 1.29 is 8.42 Å². The van der Waals surface area contributed by atoms with Crippen LogP contribution >= 0.6 is 11.3 Å². The van der Waals surface area contributed by atoms with Crippen molar-refractivity contribution in [2.45, 2.75) is 38.0 Å². The highest BCUT2D eigenvalue weighted by atomic mass is 32.2. The molecule has 2 aliphatic rings. The summed E-state index contributed by atoms with van der Waals surface area (Å²) >= 11 is 1.79. The number of nitrogens with zero attached hydrogens (tertiary/aromatic N) is 4. The van der Waals surface area contributed by atoms with Crippen molar-refractivity contribution in [2.24, 2.45) is 5.92 Å². The summed E-state index contributed by atoms with van der Waals surface area (Å²) in [6, 6.07) is 4.69. The normalized spacial score (nSPS) is 19.7. The highest BCUT2D eigenvalue weighted by Crippen LogP contribution is 2.41. The highest BCUT2D eigenvalue weighted by Gasteiger charge is 2.31. The van der Waals surface area contributed by atoms with Crippen molar-refractivity contribution in [2.75, 3.05) is 31.1 Å². The van der Waals surface area contributed by atoms with E-state index >= 15 is 0 Å².